The van der Waals surface area contributed by atoms with E-state index >= 15 is 0 Å². The van der Waals surface area contributed by atoms with E-state index in [4.69, 9.17) is 9.57 Å². The summed E-state index contributed by atoms with van der Waals surface area (Å²) in [6, 6.07) is 12.5. The minimum absolute atomic E-state index is 0.186. The number of hydrogen-bond acceptors (Lipinski definition) is 5. The molecule has 0 bridgehead atoms. The van der Waals surface area contributed by atoms with Gasteiger partial charge in [-0.2, -0.15) is 0 Å². The second kappa shape index (κ2) is 8.14. The Balaban J connectivity index is 1.39. The molecule has 0 saturated carbocycles. The van der Waals surface area contributed by atoms with Crippen LogP contribution in [0.5, 0.6) is 5.75 Å². The zero-order chi connectivity index (χ0) is 21.1. The molecule has 1 fully saturated rings. The van der Waals surface area contributed by atoms with Gasteiger partial charge in [0.1, 0.15) is 17.3 Å². The van der Waals surface area contributed by atoms with E-state index in [1.165, 1.54) is 24.3 Å². The lowest BCUT2D eigenvalue weighted by Crippen LogP contribution is -2.50. The molecule has 1 spiro atoms. The van der Waals surface area contributed by atoms with Gasteiger partial charge in [-0.1, -0.05) is 5.16 Å². The van der Waals surface area contributed by atoms with Crippen molar-refractivity contribution in [1.29, 1.82) is 0 Å². The molecule has 1 atom stereocenters. The van der Waals surface area contributed by atoms with E-state index in [0.717, 1.165) is 6.42 Å². The summed E-state index contributed by atoms with van der Waals surface area (Å²) >= 11 is 0. The van der Waals surface area contributed by atoms with Crippen LogP contribution in [0.25, 0.3) is 0 Å². The third-order valence-corrected chi connectivity index (χ3v) is 5.37. The second-order valence-corrected chi connectivity index (χ2v) is 7.51. The van der Waals surface area contributed by atoms with E-state index in [1.54, 1.807) is 36.3 Å². The molecule has 1 unspecified atom stereocenters. The van der Waals surface area contributed by atoms with Crippen LogP contribution in [0.15, 0.2) is 53.7 Å². The smallest absolute Gasteiger partial charge is 0.273 e. The quantitative estimate of drug-likeness (QED) is 0.838. The molecule has 8 heteroatoms. The van der Waals surface area contributed by atoms with Gasteiger partial charge >= 0.3 is 0 Å². The van der Waals surface area contributed by atoms with E-state index in [9.17, 15) is 14.0 Å². The minimum atomic E-state index is -0.708. The van der Waals surface area contributed by atoms with Gasteiger partial charge in [0.2, 0.25) is 0 Å². The first-order valence-corrected chi connectivity index (χ1v) is 9.73. The Kier molecular flexibility index (Phi) is 5.39. The Morgan fingerprint density at radius 1 is 1.17 bits per heavy atom. The topological polar surface area (TPSA) is 80.2 Å². The third kappa shape index (κ3) is 4.12. The predicted octanol–water partition coefficient (Wildman–Crippen LogP) is 3.22. The van der Waals surface area contributed by atoms with Crippen LogP contribution in [0.4, 0.5) is 10.1 Å². The maximum atomic E-state index is 13.1. The normalized spacial score (nSPS) is 20.5. The Bertz CT molecular complexity index is 975. The molecule has 7 nitrogen and oxygen atoms in total. The molecule has 0 aliphatic carbocycles. The molecule has 2 aromatic rings. The van der Waals surface area contributed by atoms with Gasteiger partial charge < -0.3 is 19.8 Å². The number of piperidine rings is 1. The lowest BCUT2D eigenvalue weighted by molar-refractivity contribution is -0.110. The van der Waals surface area contributed by atoms with E-state index in [2.05, 4.69) is 10.5 Å². The van der Waals surface area contributed by atoms with Crippen molar-refractivity contribution in [2.24, 2.45) is 5.16 Å². The van der Waals surface area contributed by atoms with Crippen molar-refractivity contribution in [2.75, 3.05) is 25.5 Å². The molecular weight excluding hydrogens is 389 g/mol. The molecular formula is C22H22FN3O4. The highest BCUT2D eigenvalue weighted by Crippen LogP contribution is 2.34. The summed E-state index contributed by atoms with van der Waals surface area (Å²) in [4.78, 5) is 32.7. The highest BCUT2D eigenvalue weighted by molar-refractivity contribution is 6.43. The van der Waals surface area contributed by atoms with Crippen molar-refractivity contribution in [3.05, 3.63) is 59.9 Å². The number of carbonyl (C=O) groups is 2. The van der Waals surface area contributed by atoms with Crippen LogP contribution in [-0.2, 0) is 9.63 Å². The van der Waals surface area contributed by atoms with Crippen LogP contribution in [0.3, 0.4) is 0 Å². The molecule has 4 rings (SSSR count). The van der Waals surface area contributed by atoms with Crippen molar-refractivity contribution in [2.45, 2.75) is 24.9 Å². The van der Waals surface area contributed by atoms with E-state index in [0.29, 0.717) is 48.6 Å². The summed E-state index contributed by atoms with van der Waals surface area (Å²) in [5.41, 5.74) is 0.633. The van der Waals surface area contributed by atoms with E-state index in [-0.39, 0.29) is 17.6 Å². The lowest BCUT2D eigenvalue weighted by Gasteiger charge is -2.38. The third-order valence-electron chi connectivity index (χ3n) is 5.37. The largest absolute Gasteiger partial charge is 0.497 e. The van der Waals surface area contributed by atoms with Crippen LogP contribution in [-0.4, -0.2) is 48.2 Å². The average molecular weight is 411 g/mol. The monoisotopic (exact) mass is 411 g/mol. The average Bonchev–Trinajstić information content (AvgIpc) is 3.17. The highest BCUT2D eigenvalue weighted by Gasteiger charge is 2.45. The number of carbonyl (C=O) groups excluding carboxylic acids is 2. The van der Waals surface area contributed by atoms with Gasteiger partial charge in [0.25, 0.3) is 11.8 Å². The van der Waals surface area contributed by atoms with Gasteiger partial charge in [-0.05, 0) is 61.4 Å². The highest BCUT2D eigenvalue weighted by atomic mass is 19.1. The number of nitrogens with zero attached hydrogens (tertiary/aromatic N) is 2. The van der Waals surface area contributed by atoms with Gasteiger partial charge in [-0.3, -0.25) is 9.59 Å². The van der Waals surface area contributed by atoms with Crippen LogP contribution in [0.2, 0.25) is 0 Å². The number of likely N-dealkylation sites (tertiary alicyclic amines) is 1. The summed E-state index contributed by atoms with van der Waals surface area (Å²) in [6.45, 7) is 0.903. The standard InChI is InChI=1S/C22H22FN3O4/c1-29-18-9-7-17(8-10-18)24-20(27)19-13-22(30-25-19)11-2-12-26(14-22)21(28)15-3-5-16(23)6-4-15/h3-10H,2,11-14H2,1H3,(H,24,27). The first kappa shape index (κ1) is 19.9. The summed E-state index contributed by atoms with van der Waals surface area (Å²) < 4.78 is 18.3. The molecule has 2 heterocycles. The number of rotatable bonds is 4. The zero-order valence-electron chi connectivity index (χ0n) is 16.6. The summed E-state index contributed by atoms with van der Waals surface area (Å²) in [6.07, 6.45) is 1.75. The fourth-order valence-corrected chi connectivity index (χ4v) is 3.79. The van der Waals surface area contributed by atoms with Gasteiger partial charge in [0.15, 0.2) is 5.60 Å². The van der Waals surface area contributed by atoms with Gasteiger partial charge in [0, 0.05) is 24.2 Å². The molecule has 2 aliphatic rings. The van der Waals surface area contributed by atoms with Gasteiger partial charge in [-0.15, -0.1) is 0 Å². The Morgan fingerprint density at radius 2 is 1.90 bits per heavy atom. The number of oxime groups is 1. The van der Waals surface area contributed by atoms with Crippen molar-refractivity contribution < 1.29 is 23.6 Å². The number of methoxy groups -OCH3 is 1. The molecule has 1 N–H and O–H groups in total. The predicted molar refractivity (Wildman–Crippen MR) is 109 cm³/mol. The zero-order valence-corrected chi connectivity index (χ0v) is 16.6. The second-order valence-electron chi connectivity index (χ2n) is 7.51. The number of anilines is 1. The van der Waals surface area contributed by atoms with E-state index in [1.807, 2.05) is 0 Å². The molecule has 30 heavy (non-hydrogen) atoms. The van der Waals surface area contributed by atoms with Crippen LogP contribution < -0.4 is 10.1 Å². The van der Waals surface area contributed by atoms with Crippen LogP contribution in [0, 0.1) is 5.82 Å². The molecule has 2 aliphatic heterocycles. The Labute approximate surface area is 173 Å². The lowest BCUT2D eigenvalue weighted by atomic mass is 9.87. The fourth-order valence-electron chi connectivity index (χ4n) is 3.79. The first-order chi connectivity index (χ1) is 14.5. The SMILES string of the molecule is COc1ccc(NC(=O)C2=NOC3(CCCN(C(=O)c4ccc(F)cc4)C3)C2)cc1. The van der Waals surface area contributed by atoms with Gasteiger partial charge in [0.05, 0.1) is 13.7 Å². The van der Waals surface area contributed by atoms with E-state index < -0.39 is 5.60 Å². The molecule has 2 amide bonds. The summed E-state index contributed by atoms with van der Waals surface area (Å²) in [7, 11) is 1.58. The molecule has 0 radical (unpaired) electrons. The molecule has 2 aromatic carbocycles. The van der Waals surface area contributed by atoms with Crippen LogP contribution >= 0.6 is 0 Å². The maximum absolute atomic E-state index is 13.1. The number of ether oxygens (including phenoxy) is 1. The number of amides is 2. The summed E-state index contributed by atoms with van der Waals surface area (Å²) in [5.74, 6) is -0.212. The molecule has 0 aromatic heterocycles. The maximum Gasteiger partial charge on any atom is 0.273 e. The Morgan fingerprint density at radius 3 is 2.60 bits per heavy atom. The fraction of sp³-hybridized carbons (Fsp3) is 0.318. The van der Waals surface area contributed by atoms with Crippen molar-refractivity contribution in [3.8, 4) is 5.75 Å². The number of benzene rings is 2. The van der Waals surface area contributed by atoms with Crippen LogP contribution in [0.1, 0.15) is 29.6 Å². The van der Waals surface area contributed by atoms with Crippen molar-refractivity contribution in [3.63, 3.8) is 0 Å². The number of nitrogens with one attached hydrogen (secondary N) is 1. The number of hydrogen-bond donors (Lipinski definition) is 1. The molecule has 156 valence electrons. The van der Waals surface area contributed by atoms with Crippen molar-refractivity contribution >= 4 is 23.2 Å². The minimum Gasteiger partial charge on any atom is -0.497 e. The Hall–Kier alpha value is -3.42. The first-order valence-electron chi connectivity index (χ1n) is 9.73. The van der Waals surface area contributed by atoms with Crippen molar-refractivity contribution in [1.82, 2.24) is 4.90 Å². The van der Waals surface area contributed by atoms with Gasteiger partial charge in [-0.25, -0.2) is 4.39 Å². The summed E-state index contributed by atoms with van der Waals surface area (Å²) in [5, 5.41) is 6.81. The molecule has 1 saturated heterocycles. The number of halogens is 1.